The number of fused-ring (bicyclic) bond motifs is 1. The molecule has 0 aliphatic rings. The number of unbranched alkanes of at least 4 members (excludes halogenated alkanes) is 11. The number of hydrogen-bond donors (Lipinski definition) is 0. The van der Waals surface area contributed by atoms with Crippen LogP contribution in [0.5, 0.6) is 0 Å². The van der Waals surface area contributed by atoms with Gasteiger partial charge in [-0.25, -0.2) is 0 Å². The smallest absolute Gasteiger partial charge is 0.0181 e. The molecule has 0 N–H and O–H groups in total. The van der Waals surface area contributed by atoms with Crippen LogP contribution in [0.25, 0.3) is 10.8 Å². The van der Waals surface area contributed by atoms with Crippen molar-refractivity contribution in [1.29, 1.82) is 0 Å². The first-order valence-electron chi connectivity index (χ1n) is 10.5. The van der Waals surface area contributed by atoms with E-state index in [4.69, 9.17) is 0 Å². The van der Waals surface area contributed by atoms with Crippen molar-refractivity contribution in [1.82, 2.24) is 0 Å². The molecule has 0 heterocycles. The van der Waals surface area contributed by atoms with Crippen LogP contribution in [0.4, 0.5) is 0 Å². The lowest BCUT2D eigenvalue weighted by Gasteiger charge is -2.05. The highest BCUT2D eigenvalue weighted by molar-refractivity contribution is 5.82. The molecule has 0 atom stereocenters. The summed E-state index contributed by atoms with van der Waals surface area (Å²) in [6.07, 6.45) is 19.9. The van der Waals surface area contributed by atoms with Crippen LogP contribution in [0.3, 0.4) is 0 Å². The van der Waals surface area contributed by atoms with Crippen LogP contribution in [-0.4, -0.2) is 0 Å². The van der Waals surface area contributed by atoms with Gasteiger partial charge in [-0.1, -0.05) is 106 Å². The summed E-state index contributed by atoms with van der Waals surface area (Å²) in [5, 5.41) is 2.73. The van der Waals surface area contributed by atoms with Crippen LogP contribution in [-0.2, 0) is 6.42 Å². The van der Waals surface area contributed by atoms with Crippen molar-refractivity contribution in [2.45, 2.75) is 83.5 Å². The molecule has 0 unspecified atom stereocenters. The normalized spacial score (nSPS) is 11.0. The van der Waals surface area contributed by atoms with E-state index in [1.165, 1.54) is 99.8 Å². The SMILES string of the molecule is C=CCCCCCCCCCCCCCc1ccc2ccccc2c1. The first-order valence-corrected chi connectivity index (χ1v) is 10.5. The van der Waals surface area contributed by atoms with Gasteiger partial charge in [-0.2, -0.15) is 0 Å². The molecule has 0 saturated heterocycles. The lowest BCUT2D eigenvalue weighted by Crippen LogP contribution is -1.87. The Labute approximate surface area is 155 Å². The summed E-state index contributed by atoms with van der Waals surface area (Å²) in [5.41, 5.74) is 1.50. The van der Waals surface area contributed by atoms with Gasteiger partial charge in [0, 0.05) is 0 Å². The van der Waals surface area contributed by atoms with Gasteiger partial charge in [0.25, 0.3) is 0 Å². The fraction of sp³-hybridized carbons (Fsp3) is 0.520. The van der Waals surface area contributed by atoms with Gasteiger partial charge in [-0.3, -0.25) is 0 Å². The van der Waals surface area contributed by atoms with Crippen LogP contribution < -0.4 is 0 Å². The molecule has 0 radical (unpaired) electrons. The molecule has 0 amide bonds. The predicted molar refractivity (Wildman–Crippen MR) is 113 cm³/mol. The molecule has 0 aromatic heterocycles. The van der Waals surface area contributed by atoms with Gasteiger partial charge >= 0.3 is 0 Å². The highest BCUT2D eigenvalue weighted by Crippen LogP contribution is 2.18. The summed E-state index contributed by atoms with van der Waals surface area (Å²) >= 11 is 0. The van der Waals surface area contributed by atoms with E-state index in [1.807, 2.05) is 6.08 Å². The molecular weight excluding hydrogens is 300 g/mol. The summed E-state index contributed by atoms with van der Waals surface area (Å²) in [6.45, 7) is 3.78. The highest BCUT2D eigenvalue weighted by atomic mass is 14.0. The number of aryl methyl sites for hydroxylation is 1. The average molecular weight is 337 g/mol. The van der Waals surface area contributed by atoms with Crippen LogP contribution in [0.2, 0.25) is 0 Å². The zero-order valence-corrected chi connectivity index (χ0v) is 16.0. The molecule has 2 aromatic rings. The van der Waals surface area contributed by atoms with Crippen molar-refractivity contribution < 1.29 is 0 Å². The summed E-state index contributed by atoms with van der Waals surface area (Å²) in [7, 11) is 0. The summed E-state index contributed by atoms with van der Waals surface area (Å²) in [5.74, 6) is 0. The summed E-state index contributed by atoms with van der Waals surface area (Å²) < 4.78 is 0. The third kappa shape index (κ3) is 8.38. The maximum atomic E-state index is 3.78. The van der Waals surface area contributed by atoms with Crippen molar-refractivity contribution in [2.24, 2.45) is 0 Å². The predicted octanol–water partition coefficient (Wildman–Crippen LogP) is 8.25. The average Bonchev–Trinajstić information content (AvgIpc) is 2.65. The van der Waals surface area contributed by atoms with Gasteiger partial charge in [-0.15, -0.1) is 6.58 Å². The van der Waals surface area contributed by atoms with Gasteiger partial charge < -0.3 is 0 Å². The van der Waals surface area contributed by atoms with Gasteiger partial charge in [0.05, 0.1) is 0 Å². The fourth-order valence-electron chi connectivity index (χ4n) is 3.60. The zero-order chi connectivity index (χ0) is 17.6. The third-order valence-electron chi connectivity index (χ3n) is 5.19. The van der Waals surface area contributed by atoms with Crippen molar-refractivity contribution in [3.8, 4) is 0 Å². The van der Waals surface area contributed by atoms with E-state index in [9.17, 15) is 0 Å². The molecule has 0 aliphatic carbocycles. The summed E-state index contributed by atoms with van der Waals surface area (Å²) in [4.78, 5) is 0. The number of allylic oxidation sites excluding steroid dienone is 1. The monoisotopic (exact) mass is 336 g/mol. The fourth-order valence-corrected chi connectivity index (χ4v) is 3.60. The van der Waals surface area contributed by atoms with Crippen LogP contribution in [0, 0.1) is 0 Å². The second-order valence-corrected chi connectivity index (χ2v) is 7.40. The highest BCUT2D eigenvalue weighted by Gasteiger charge is 1.97. The molecule has 136 valence electrons. The van der Waals surface area contributed by atoms with E-state index in [-0.39, 0.29) is 0 Å². The van der Waals surface area contributed by atoms with Crippen LogP contribution in [0.1, 0.15) is 82.6 Å². The Morgan fingerprint density at radius 1 is 0.600 bits per heavy atom. The maximum Gasteiger partial charge on any atom is -0.0181 e. The number of benzene rings is 2. The molecule has 2 aromatic carbocycles. The Kier molecular flexibility index (Phi) is 10.1. The topological polar surface area (TPSA) is 0 Å². The first kappa shape index (κ1) is 19.8. The minimum atomic E-state index is 1.19. The zero-order valence-electron chi connectivity index (χ0n) is 16.0. The quantitative estimate of drug-likeness (QED) is 0.240. The molecule has 0 saturated carbocycles. The van der Waals surface area contributed by atoms with E-state index in [0.29, 0.717) is 0 Å². The standard InChI is InChI=1S/C25H36/c1-2-3-4-5-6-7-8-9-10-11-12-13-14-17-23-20-21-24-18-15-16-19-25(24)22-23/h2,15-16,18-22H,1,3-14,17H2. The molecule has 25 heavy (non-hydrogen) atoms. The molecule has 0 nitrogen and oxygen atoms in total. The van der Waals surface area contributed by atoms with Crippen molar-refractivity contribution in [3.63, 3.8) is 0 Å². The van der Waals surface area contributed by atoms with Crippen molar-refractivity contribution in [3.05, 3.63) is 60.7 Å². The Balaban J connectivity index is 1.43. The second kappa shape index (κ2) is 12.8. The molecule has 2 rings (SSSR count). The van der Waals surface area contributed by atoms with E-state index >= 15 is 0 Å². The minimum absolute atomic E-state index is 1.19. The molecule has 0 fully saturated rings. The lowest BCUT2D eigenvalue weighted by atomic mass is 10.0. The Morgan fingerprint density at radius 2 is 1.16 bits per heavy atom. The molecule has 0 spiro atoms. The first-order chi connectivity index (χ1) is 12.4. The van der Waals surface area contributed by atoms with E-state index in [2.05, 4.69) is 49.0 Å². The van der Waals surface area contributed by atoms with E-state index in [0.717, 1.165) is 0 Å². The lowest BCUT2D eigenvalue weighted by molar-refractivity contribution is 0.546. The Morgan fingerprint density at radius 3 is 1.80 bits per heavy atom. The van der Waals surface area contributed by atoms with Gasteiger partial charge in [-0.05, 0) is 42.0 Å². The molecule has 0 heteroatoms. The Hall–Kier alpha value is -1.56. The van der Waals surface area contributed by atoms with Crippen molar-refractivity contribution in [2.75, 3.05) is 0 Å². The molecular formula is C25H36. The number of rotatable bonds is 14. The van der Waals surface area contributed by atoms with Gasteiger partial charge in [0.2, 0.25) is 0 Å². The summed E-state index contributed by atoms with van der Waals surface area (Å²) in [6, 6.07) is 15.6. The molecule has 0 aliphatic heterocycles. The van der Waals surface area contributed by atoms with Gasteiger partial charge in [0.1, 0.15) is 0 Å². The van der Waals surface area contributed by atoms with Gasteiger partial charge in [0.15, 0.2) is 0 Å². The van der Waals surface area contributed by atoms with Crippen LogP contribution >= 0.6 is 0 Å². The minimum Gasteiger partial charge on any atom is -0.103 e. The van der Waals surface area contributed by atoms with Crippen molar-refractivity contribution >= 4 is 10.8 Å². The molecule has 0 bridgehead atoms. The van der Waals surface area contributed by atoms with E-state index < -0.39 is 0 Å². The number of hydrogen-bond acceptors (Lipinski definition) is 0. The van der Waals surface area contributed by atoms with E-state index in [1.54, 1.807) is 0 Å². The maximum absolute atomic E-state index is 3.78. The second-order valence-electron chi connectivity index (χ2n) is 7.40. The third-order valence-corrected chi connectivity index (χ3v) is 5.19. The Bertz CT molecular complexity index is 596. The van der Waals surface area contributed by atoms with Crippen LogP contribution in [0.15, 0.2) is 55.1 Å². The largest absolute Gasteiger partial charge is 0.103 e.